The number of nitrogens with zero attached hydrogens (tertiary/aromatic N) is 2. The van der Waals surface area contributed by atoms with Crippen LogP contribution in [0.3, 0.4) is 0 Å². The smallest absolute Gasteiger partial charge is 0.156 e. The van der Waals surface area contributed by atoms with E-state index in [1.165, 1.54) is 11.8 Å². The summed E-state index contributed by atoms with van der Waals surface area (Å²) < 4.78 is 0.987. The van der Waals surface area contributed by atoms with Crippen molar-refractivity contribution in [2.45, 2.75) is 16.3 Å². The minimum Gasteiger partial charge on any atom is -0.398 e. The number of anilines is 1. The second kappa shape index (κ2) is 3.98. The lowest BCUT2D eigenvalue weighted by atomic mass is 10.3. The van der Waals surface area contributed by atoms with E-state index in [9.17, 15) is 0 Å². The molecule has 0 atom stereocenters. The van der Waals surface area contributed by atoms with E-state index >= 15 is 0 Å². The van der Waals surface area contributed by atoms with E-state index in [2.05, 4.69) is 9.97 Å². The summed E-state index contributed by atoms with van der Waals surface area (Å²) in [5.74, 6) is 0. The van der Waals surface area contributed by atoms with Crippen LogP contribution < -0.4 is 5.73 Å². The predicted molar refractivity (Wildman–Crippen MR) is 59.6 cm³/mol. The van der Waals surface area contributed by atoms with Gasteiger partial charge >= 0.3 is 0 Å². The van der Waals surface area contributed by atoms with Crippen molar-refractivity contribution in [3.63, 3.8) is 0 Å². The van der Waals surface area contributed by atoms with E-state index in [0.717, 1.165) is 20.6 Å². The second-order valence-corrected chi connectivity index (χ2v) is 4.94. The number of thiazole rings is 1. The third kappa shape index (κ3) is 2.05. The normalized spacial score (nSPS) is 10.4. The molecule has 0 aliphatic carbocycles. The van der Waals surface area contributed by atoms with Gasteiger partial charge in [0.05, 0.1) is 0 Å². The fraction of sp³-hybridized carbons (Fsp3) is 0.111. The van der Waals surface area contributed by atoms with Gasteiger partial charge in [-0.15, -0.1) is 11.3 Å². The number of hydrogen-bond donors (Lipinski definition) is 1. The number of nitrogen functional groups attached to an aromatic ring is 1. The minimum atomic E-state index is 0.777. The molecule has 72 valence electrons. The molecule has 2 rings (SSSR count). The van der Waals surface area contributed by atoms with Crippen LogP contribution in [0.15, 0.2) is 33.2 Å². The topological polar surface area (TPSA) is 51.8 Å². The molecule has 2 aromatic heterocycles. The number of aryl methyl sites for hydroxylation is 1. The highest BCUT2D eigenvalue weighted by Gasteiger charge is 2.02. The molecule has 0 radical (unpaired) electrons. The Morgan fingerprint density at radius 2 is 2.29 bits per heavy atom. The monoisotopic (exact) mass is 223 g/mol. The van der Waals surface area contributed by atoms with Crippen molar-refractivity contribution in [1.29, 1.82) is 0 Å². The summed E-state index contributed by atoms with van der Waals surface area (Å²) in [5, 5.41) is 2.84. The Balaban J connectivity index is 2.22. The number of hydrogen-bond acceptors (Lipinski definition) is 5. The zero-order valence-corrected chi connectivity index (χ0v) is 9.23. The van der Waals surface area contributed by atoms with Gasteiger partial charge in [0.1, 0.15) is 5.03 Å². The summed E-state index contributed by atoms with van der Waals surface area (Å²) in [6.45, 7) is 1.94. The first kappa shape index (κ1) is 9.48. The van der Waals surface area contributed by atoms with Crippen LogP contribution in [-0.4, -0.2) is 9.97 Å². The lowest BCUT2D eigenvalue weighted by molar-refractivity contribution is 1.11. The molecule has 0 bridgehead atoms. The van der Waals surface area contributed by atoms with Crippen molar-refractivity contribution in [2.24, 2.45) is 0 Å². The molecule has 0 aliphatic heterocycles. The number of aromatic nitrogens is 2. The standard InChI is InChI=1S/C9H9N3S2/c1-6-5-12-8(4-7(6)10)14-9-11-2-3-13-9/h2-5H,1H3,(H2,10,12). The average Bonchev–Trinajstić information content (AvgIpc) is 2.64. The number of nitrogens with two attached hydrogens (primary N) is 1. The van der Waals surface area contributed by atoms with Crippen molar-refractivity contribution in [3.8, 4) is 0 Å². The first-order valence-electron chi connectivity index (χ1n) is 4.05. The van der Waals surface area contributed by atoms with Gasteiger partial charge in [0.15, 0.2) is 4.34 Å². The second-order valence-electron chi connectivity index (χ2n) is 2.78. The Kier molecular flexibility index (Phi) is 2.69. The van der Waals surface area contributed by atoms with Gasteiger partial charge in [0.2, 0.25) is 0 Å². The highest BCUT2D eigenvalue weighted by atomic mass is 32.2. The fourth-order valence-corrected chi connectivity index (χ4v) is 2.48. The number of rotatable bonds is 2. The lowest BCUT2D eigenvalue weighted by Crippen LogP contribution is -1.91. The predicted octanol–water partition coefficient (Wildman–Crippen LogP) is 2.58. The molecule has 0 amide bonds. The van der Waals surface area contributed by atoms with Gasteiger partial charge in [-0.1, -0.05) is 0 Å². The Hall–Kier alpha value is -1.07. The molecule has 0 aliphatic rings. The maximum atomic E-state index is 5.78. The van der Waals surface area contributed by atoms with Gasteiger partial charge in [-0.05, 0) is 30.3 Å². The van der Waals surface area contributed by atoms with Crippen LogP contribution in [0.5, 0.6) is 0 Å². The third-order valence-electron chi connectivity index (χ3n) is 1.72. The molecule has 0 spiro atoms. The van der Waals surface area contributed by atoms with Gasteiger partial charge in [0.25, 0.3) is 0 Å². The van der Waals surface area contributed by atoms with E-state index in [-0.39, 0.29) is 0 Å². The van der Waals surface area contributed by atoms with Crippen LogP contribution in [0.4, 0.5) is 5.69 Å². The van der Waals surface area contributed by atoms with Gasteiger partial charge < -0.3 is 5.73 Å². The SMILES string of the molecule is Cc1cnc(Sc2nccs2)cc1N. The van der Waals surface area contributed by atoms with E-state index < -0.39 is 0 Å². The Morgan fingerprint density at radius 3 is 2.93 bits per heavy atom. The molecular weight excluding hydrogens is 214 g/mol. The number of pyridine rings is 1. The third-order valence-corrected chi connectivity index (χ3v) is 3.54. The van der Waals surface area contributed by atoms with Crippen LogP contribution in [0, 0.1) is 6.92 Å². The Labute approximate surface area is 90.4 Å². The fourth-order valence-electron chi connectivity index (χ4n) is 0.925. The van der Waals surface area contributed by atoms with Gasteiger partial charge in [-0.3, -0.25) is 0 Å². The van der Waals surface area contributed by atoms with E-state index in [0.29, 0.717) is 0 Å². The maximum Gasteiger partial charge on any atom is 0.156 e. The first-order valence-corrected chi connectivity index (χ1v) is 5.75. The molecule has 0 aromatic carbocycles. The molecule has 2 heterocycles. The van der Waals surface area contributed by atoms with Crippen LogP contribution >= 0.6 is 23.1 Å². The van der Waals surface area contributed by atoms with Crippen LogP contribution in [0.1, 0.15) is 5.56 Å². The molecule has 0 saturated heterocycles. The van der Waals surface area contributed by atoms with Gasteiger partial charge in [0, 0.05) is 23.5 Å². The molecule has 3 nitrogen and oxygen atoms in total. The van der Waals surface area contributed by atoms with Crippen molar-refractivity contribution < 1.29 is 0 Å². The van der Waals surface area contributed by atoms with Crippen molar-refractivity contribution in [3.05, 3.63) is 29.4 Å². The van der Waals surface area contributed by atoms with Crippen molar-refractivity contribution in [1.82, 2.24) is 9.97 Å². The van der Waals surface area contributed by atoms with Crippen LogP contribution in [0.2, 0.25) is 0 Å². The Morgan fingerprint density at radius 1 is 1.43 bits per heavy atom. The molecule has 5 heteroatoms. The van der Waals surface area contributed by atoms with Crippen molar-refractivity contribution >= 4 is 28.8 Å². The quantitative estimate of drug-likeness (QED) is 0.850. The molecule has 14 heavy (non-hydrogen) atoms. The summed E-state index contributed by atoms with van der Waals surface area (Å²) in [6.07, 6.45) is 3.57. The molecule has 2 aromatic rings. The Bertz CT molecular complexity index is 426. The highest BCUT2D eigenvalue weighted by molar-refractivity contribution is 8.01. The minimum absolute atomic E-state index is 0.777. The summed E-state index contributed by atoms with van der Waals surface area (Å²) in [4.78, 5) is 8.43. The zero-order valence-electron chi connectivity index (χ0n) is 7.60. The van der Waals surface area contributed by atoms with E-state index in [1.807, 2.05) is 18.4 Å². The largest absolute Gasteiger partial charge is 0.398 e. The average molecular weight is 223 g/mol. The van der Waals surface area contributed by atoms with Gasteiger partial charge in [-0.2, -0.15) is 0 Å². The summed E-state index contributed by atoms with van der Waals surface area (Å²) in [5.41, 5.74) is 7.56. The van der Waals surface area contributed by atoms with Crippen molar-refractivity contribution in [2.75, 3.05) is 5.73 Å². The summed E-state index contributed by atoms with van der Waals surface area (Å²) in [7, 11) is 0. The van der Waals surface area contributed by atoms with Crippen LogP contribution in [-0.2, 0) is 0 Å². The zero-order chi connectivity index (χ0) is 9.97. The summed E-state index contributed by atoms with van der Waals surface area (Å²) in [6, 6.07) is 1.88. The lowest BCUT2D eigenvalue weighted by Gasteiger charge is -2.01. The molecule has 0 fully saturated rings. The summed E-state index contributed by atoms with van der Waals surface area (Å²) >= 11 is 3.13. The highest BCUT2D eigenvalue weighted by Crippen LogP contribution is 2.28. The van der Waals surface area contributed by atoms with Crippen LogP contribution in [0.25, 0.3) is 0 Å². The van der Waals surface area contributed by atoms with Gasteiger partial charge in [-0.25, -0.2) is 9.97 Å². The molecule has 0 saturated carbocycles. The van der Waals surface area contributed by atoms with E-state index in [4.69, 9.17) is 5.73 Å². The van der Waals surface area contributed by atoms with E-state index in [1.54, 1.807) is 23.7 Å². The first-order chi connectivity index (χ1) is 6.75. The molecular formula is C9H9N3S2. The maximum absolute atomic E-state index is 5.78. The molecule has 2 N–H and O–H groups in total. The molecule has 0 unspecified atom stereocenters.